The molecule has 0 atom stereocenters. The standard InChI is InChI=1S/C28H37ClFN3O4S/c1-20(2)13-16-32-14-7-5-4-6-8-15-33(21(3)34)27-12-9-22(17-23(27)19-32)28(35)31-38(36,37)24-10-11-26(30)25(29)18-24/h9-12,17-18,20H,4-8,13-16,19H2,1-3H3,(H,31,35). The highest BCUT2D eigenvalue weighted by molar-refractivity contribution is 7.90. The number of nitrogens with zero attached hydrogens (tertiary/aromatic N) is 2. The zero-order chi connectivity index (χ0) is 27.9. The fourth-order valence-electron chi connectivity index (χ4n) is 4.54. The summed E-state index contributed by atoms with van der Waals surface area (Å²) in [7, 11) is -4.28. The number of carbonyl (C=O) groups is 2. The second-order valence-electron chi connectivity index (χ2n) is 10.3. The Hall–Kier alpha value is -2.49. The van der Waals surface area contributed by atoms with Crippen LogP contribution in [0.3, 0.4) is 0 Å². The summed E-state index contributed by atoms with van der Waals surface area (Å²) in [6.07, 6.45) is 6.27. The van der Waals surface area contributed by atoms with E-state index < -0.39 is 21.7 Å². The highest BCUT2D eigenvalue weighted by Crippen LogP contribution is 2.27. The molecule has 1 heterocycles. The second-order valence-corrected chi connectivity index (χ2v) is 12.3. The minimum absolute atomic E-state index is 0.0787. The average molecular weight is 566 g/mol. The molecule has 0 bridgehead atoms. The highest BCUT2D eigenvalue weighted by Gasteiger charge is 2.23. The van der Waals surface area contributed by atoms with E-state index in [1.807, 2.05) is 0 Å². The first-order valence-corrected chi connectivity index (χ1v) is 15.0. The molecule has 1 aliphatic heterocycles. The zero-order valence-electron chi connectivity index (χ0n) is 22.3. The van der Waals surface area contributed by atoms with E-state index in [2.05, 4.69) is 23.5 Å². The number of hydrogen-bond acceptors (Lipinski definition) is 5. The molecule has 0 aromatic heterocycles. The number of fused-ring (bicyclic) bond motifs is 1. The lowest BCUT2D eigenvalue weighted by Gasteiger charge is -2.29. The van der Waals surface area contributed by atoms with Crippen LogP contribution in [0.5, 0.6) is 0 Å². The van der Waals surface area contributed by atoms with Crippen molar-refractivity contribution >= 4 is 39.1 Å². The van der Waals surface area contributed by atoms with Crippen LogP contribution in [-0.4, -0.2) is 44.8 Å². The lowest BCUT2D eigenvalue weighted by molar-refractivity contribution is -0.116. The Kier molecular flexibility index (Phi) is 10.7. The Morgan fingerprint density at radius 1 is 1.03 bits per heavy atom. The predicted molar refractivity (Wildman–Crippen MR) is 148 cm³/mol. The summed E-state index contributed by atoms with van der Waals surface area (Å²) in [4.78, 5) is 29.5. The lowest BCUT2D eigenvalue weighted by atomic mass is 10.0. The van der Waals surface area contributed by atoms with E-state index in [4.69, 9.17) is 11.6 Å². The summed E-state index contributed by atoms with van der Waals surface area (Å²) in [6, 6.07) is 7.86. The van der Waals surface area contributed by atoms with Gasteiger partial charge in [0.15, 0.2) is 0 Å². The molecule has 10 heteroatoms. The number of halogens is 2. The van der Waals surface area contributed by atoms with E-state index in [-0.39, 0.29) is 21.4 Å². The molecule has 0 fully saturated rings. The maximum atomic E-state index is 13.5. The van der Waals surface area contributed by atoms with E-state index in [0.29, 0.717) is 19.0 Å². The SMILES string of the molecule is CC(=O)N1CCCCCCCN(CCC(C)C)Cc2cc(C(=O)NS(=O)(=O)c3ccc(F)c(Cl)c3)ccc21. The molecule has 0 spiro atoms. The maximum Gasteiger partial charge on any atom is 0.265 e. The van der Waals surface area contributed by atoms with Gasteiger partial charge in [-0.2, -0.15) is 0 Å². The third-order valence-corrected chi connectivity index (χ3v) is 8.33. The minimum Gasteiger partial charge on any atom is -0.312 e. The Labute approximate surface area is 230 Å². The van der Waals surface area contributed by atoms with Crippen LogP contribution in [0, 0.1) is 11.7 Å². The molecule has 208 valence electrons. The van der Waals surface area contributed by atoms with Crippen molar-refractivity contribution in [3.8, 4) is 0 Å². The van der Waals surface area contributed by atoms with Crippen molar-refractivity contribution in [3.05, 3.63) is 58.4 Å². The maximum absolute atomic E-state index is 13.5. The number of hydrogen-bond donors (Lipinski definition) is 1. The quantitative estimate of drug-likeness (QED) is 0.481. The Bertz CT molecular complexity index is 1250. The summed E-state index contributed by atoms with van der Waals surface area (Å²) in [5.74, 6) is -1.12. The summed E-state index contributed by atoms with van der Waals surface area (Å²) in [6.45, 7) is 8.80. The van der Waals surface area contributed by atoms with Gasteiger partial charge >= 0.3 is 0 Å². The molecule has 38 heavy (non-hydrogen) atoms. The van der Waals surface area contributed by atoms with Crippen LogP contribution >= 0.6 is 11.6 Å². The van der Waals surface area contributed by atoms with Gasteiger partial charge in [-0.25, -0.2) is 17.5 Å². The van der Waals surface area contributed by atoms with E-state index in [1.54, 1.807) is 17.0 Å². The Balaban J connectivity index is 1.95. The number of sulfonamides is 1. The van der Waals surface area contributed by atoms with Crippen LogP contribution in [0.25, 0.3) is 0 Å². The van der Waals surface area contributed by atoms with Crippen LogP contribution in [0.4, 0.5) is 10.1 Å². The topological polar surface area (TPSA) is 86.8 Å². The van der Waals surface area contributed by atoms with E-state index in [0.717, 1.165) is 81.1 Å². The van der Waals surface area contributed by atoms with Crippen molar-refractivity contribution in [2.24, 2.45) is 5.92 Å². The molecule has 0 saturated carbocycles. The van der Waals surface area contributed by atoms with Gasteiger partial charge < -0.3 is 4.90 Å². The normalized spacial score (nSPS) is 15.9. The van der Waals surface area contributed by atoms with Gasteiger partial charge in [-0.15, -0.1) is 0 Å². The van der Waals surface area contributed by atoms with Crippen LogP contribution in [0.15, 0.2) is 41.3 Å². The fourth-order valence-corrected chi connectivity index (χ4v) is 5.78. The molecule has 0 aliphatic carbocycles. The minimum atomic E-state index is -4.28. The van der Waals surface area contributed by atoms with E-state index in [9.17, 15) is 22.4 Å². The van der Waals surface area contributed by atoms with Gasteiger partial charge in [-0.1, -0.05) is 44.7 Å². The van der Waals surface area contributed by atoms with Crippen LogP contribution in [0.2, 0.25) is 5.02 Å². The molecular formula is C28H37ClFN3O4S. The monoisotopic (exact) mass is 565 g/mol. The molecule has 2 aromatic carbocycles. The van der Waals surface area contributed by atoms with Gasteiger partial charge in [0.25, 0.3) is 15.9 Å². The molecule has 2 aromatic rings. The average Bonchev–Trinajstić information content (AvgIpc) is 2.84. The first kappa shape index (κ1) is 30.1. The second kappa shape index (κ2) is 13.5. The van der Waals surface area contributed by atoms with Crippen molar-refractivity contribution in [3.63, 3.8) is 0 Å². The molecule has 0 unspecified atom stereocenters. The van der Waals surface area contributed by atoms with Crippen molar-refractivity contribution in [1.29, 1.82) is 0 Å². The molecule has 1 N–H and O–H groups in total. The lowest BCUT2D eigenvalue weighted by Crippen LogP contribution is -2.34. The Morgan fingerprint density at radius 2 is 1.71 bits per heavy atom. The first-order chi connectivity index (χ1) is 18.0. The molecule has 2 amide bonds. The third kappa shape index (κ3) is 8.25. The summed E-state index contributed by atoms with van der Waals surface area (Å²) in [5, 5.41) is -0.356. The number of nitrogens with one attached hydrogen (secondary N) is 1. The Morgan fingerprint density at radius 3 is 2.37 bits per heavy atom. The van der Waals surface area contributed by atoms with Crippen molar-refractivity contribution in [1.82, 2.24) is 9.62 Å². The van der Waals surface area contributed by atoms with Gasteiger partial charge in [0.2, 0.25) is 5.91 Å². The molecule has 1 aliphatic rings. The number of anilines is 1. The van der Waals surface area contributed by atoms with Gasteiger partial charge in [-0.3, -0.25) is 14.5 Å². The first-order valence-electron chi connectivity index (χ1n) is 13.1. The number of rotatable bonds is 6. The van der Waals surface area contributed by atoms with Crippen molar-refractivity contribution < 1.29 is 22.4 Å². The fraction of sp³-hybridized carbons (Fsp3) is 0.500. The van der Waals surface area contributed by atoms with Gasteiger partial charge in [0.1, 0.15) is 5.82 Å². The number of amides is 2. The number of benzene rings is 2. The van der Waals surface area contributed by atoms with E-state index in [1.165, 1.54) is 13.0 Å². The van der Waals surface area contributed by atoms with Crippen molar-refractivity contribution in [2.75, 3.05) is 24.5 Å². The zero-order valence-corrected chi connectivity index (χ0v) is 23.9. The summed E-state index contributed by atoms with van der Waals surface area (Å²) < 4.78 is 41.1. The van der Waals surface area contributed by atoms with Gasteiger partial charge in [0.05, 0.1) is 9.92 Å². The largest absolute Gasteiger partial charge is 0.312 e. The van der Waals surface area contributed by atoms with Gasteiger partial charge in [-0.05, 0) is 80.2 Å². The highest BCUT2D eigenvalue weighted by atomic mass is 35.5. The van der Waals surface area contributed by atoms with Crippen LogP contribution in [0.1, 0.15) is 75.2 Å². The molecule has 3 rings (SSSR count). The third-order valence-electron chi connectivity index (χ3n) is 6.71. The molecule has 7 nitrogen and oxygen atoms in total. The van der Waals surface area contributed by atoms with Crippen LogP contribution < -0.4 is 9.62 Å². The molecular weight excluding hydrogens is 529 g/mol. The van der Waals surface area contributed by atoms with Gasteiger partial charge in [0, 0.05) is 31.3 Å². The summed E-state index contributed by atoms with van der Waals surface area (Å²) >= 11 is 5.74. The smallest absolute Gasteiger partial charge is 0.265 e. The van der Waals surface area contributed by atoms with Crippen LogP contribution in [-0.2, 0) is 21.4 Å². The molecule has 0 radical (unpaired) electrons. The molecule has 0 saturated heterocycles. The van der Waals surface area contributed by atoms with E-state index >= 15 is 0 Å². The predicted octanol–water partition coefficient (Wildman–Crippen LogP) is 5.76. The summed E-state index contributed by atoms with van der Waals surface area (Å²) in [5.41, 5.74) is 1.68. The van der Waals surface area contributed by atoms with Crippen molar-refractivity contribution in [2.45, 2.75) is 70.7 Å². The number of carbonyl (C=O) groups excluding carboxylic acids is 2.